The van der Waals surface area contributed by atoms with Crippen molar-refractivity contribution < 1.29 is 13.2 Å². The molecule has 0 atom stereocenters. The number of sulfonamides is 1. The highest BCUT2D eigenvalue weighted by atomic mass is 32.2. The monoisotopic (exact) mass is 554 g/mol. The van der Waals surface area contributed by atoms with E-state index in [0.29, 0.717) is 61.5 Å². The predicted octanol–water partition coefficient (Wildman–Crippen LogP) is 2.95. The molecule has 0 spiro atoms. The first kappa shape index (κ1) is 27.7. The topological polar surface area (TPSA) is 110 Å². The van der Waals surface area contributed by atoms with Gasteiger partial charge in [-0.05, 0) is 88.5 Å². The van der Waals surface area contributed by atoms with Crippen molar-refractivity contribution in [2.24, 2.45) is 5.92 Å². The smallest absolute Gasteiger partial charge is 0.260 e. The lowest BCUT2D eigenvalue weighted by molar-refractivity contribution is 0.0730. The maximum Gasteiger partial charge on any atom is 0.260 e. The van der Waals surface area contributed by atoms with Crippen molar-refractivity contribution >= 4 is 27.0 Å². The first-order valence-electron chi connectivity index (χ1n) is 13.8. The Morgan fingerprint density at radius 3 is 2.51 bits per heavy atom. The highest BCUT2D eigenvalue weighted by molar-refractivity contribution is 7.89. The zero-order valence-corrected chi connectivity index (χ0v) is 23.8. The Bertz CT molecular complexity index is 1490. The molecule has 210 valence electrons. The molecule has 2 fully saturated rings. The van der Waals surface area contributed by atoms with Gasteiger partial charge in [-0.15, -0.1) is 0 Å². The van der Waals surface area contributed by atoms with Crippen LogP contribution < -0.4 is 10.9 Å². The molecular weight excluding hydrogens is 516 g/mol. The van der Waals surface area contributed by atoms with Crippen molar-refractivity contribution in [2.45, 2.75) is 44.6 Å². The Hall–Kier alpha value is -2.86. The van der Waals surface area contributed by atoms with Gasteiger partial charge in [-0.1, -0.05) is 6.07 Å². The number of anilines is 1. The lowest BCUT2D eigenvalue weighted by atomic mass is 9.94. The van der Waals surface area contributed by atoms with Crippen molar-refractivity contribution in [3.8, 4) is 11.1 Å². The highest BCUT2D eigenvalue weighted by Gasteiger charge is 2.27. The number of benzene rings is 1. The van der Waals surface area contributed by atoms with Crippen LogP contribution in [0.15, 0.2) is 40.2 Å². The molecule has 2 saturated heterocycles. The molecule has 2 aliphatic heterocycles. The number of pyridine rings is 1. The molecule has 5 rings (SSSR count). The molecule has 11 heteroatoms. The van der Waals surface area contributed by atoms with Crippen LogP contribution in [-0.4, -0.2) is 85.1 Å². The van der Waals surface area contributed by atoms with Crippen LogP contribution in [0.25, 0.3) is 22.2 Å². The average Bonchev–Trinajstić information content (AvgIpc) is 2.94. The van der Waals surface area contributed by atoms with Gasteiger partial charge in [-0.25, -0.2) is 13.4 Å². The standard InChI is InChI=1S/C28H38N6O4S/c1-4-34-26-22(19-30-28(31-26)29-10-7-21-8-11-32(3)12-9-21)18-25(27(34)35)24-6-5-23(17-20(24)2)39(36,37)33-13-15-38-16-14-33/h5-6,17-19,21H,4,7-16H2,1-3H3,(H,29,30,31). The predicted molar refractivity (Wildman–Crippen MR) is 153 cm³/mol. The number of hydrogen-bond acceptors (Lipinski definition) is 8. The molecular formula is C28H38N6O4S. The number of fused-ring (bicyclic) bond motifs is 1. The molecule has 0 saturated carbocycles. The van der Waals surface area contributed by atoms with E-state index < -0.39 is 10.0 Å². The fourth-order valence-corrected chi connectivity index (χ4v) is 7.00. The summed E-state index contributed by atoms with van der Waals surface area (Å²) in [6, 6.07) is 6.77. The average molecular weight is 555 g/mol. The molecule has 0 bridgehead atoms. The van der Waals surface area contributed by atoms with Crippen LogP contribution in [0.4, 0.5) is 5.95 Å². The second-order valence-corrected chi connectivity index (χ2v) is 12.5. The SMILES string of the molecule is CCn1c(=O)c(-c2ccc(S(=O)(=O)N3CCOCC3)cc2C)cc2cnc(NCCC3CCN(C)CC3)nc21. The van der Waals surface area contributed by atoms with Crippen LogP contribution in [-0.2, 0) is 21.3 Å². The van der Waals surface area contributed by atoms with Gasteiger partial charge in [0.1, 0.15) is 5.65 Å². The molecule has 1 aromatic carbocycles. The van der Waals surface area contributed by atoms with Gasteiger partial charge in [0.05, 0.1) is 18.1 Å². The maximum atomic E-state index is 13.6. The van der Waals surface area contributed by atoms with Gasteiger partial charge in [0, 0.05) is 43.3 Å². The molecule has 4 heterocycles. The van der Waals surface area contributed by atoms with Crippen molar-refractivity contribution in [1.29, 1.82) is 0 Å². The quantitative estimate of drug-likeness (QED) is 0.453. The van der Waals surface area contributed by atoms with Crippen LogP contribution in [0.2, 0.25) is 0 Å². The number of hydrogen-bond donors (Lipinski definition) is 1. The van der Waals surface area contributed by atoms with E-state index in [-0.39, 0.29) is 10.5 Å². The zero-order valence-electron chi connectivity index (χ0n) is 23.0. The Labute approximate surface area is 230 Å². The Morgan fingerprint density at radius 2 is 1.82 bits per heavy atom. The van der Waals surface area contributed by atoms with E-state index in [1.165, 1.54) is 17.1 Å². The summed E-state index contributed by atoms with van der Waals surface area (Å²) in [5.41, 5.74) is 2.35. The van der Waals surface area contributed by atoms with E-state index in [1.807, 2.05) is 19.9 Å². The first-order chi connectivity index (χ1) is 18.8. The minimum atomic E-state index is -3.62. The van der Waals surface area contributed by atoms with Gasteiger partial charge >= 0.3 is 0 Å². The third-order valence-electron chi connectivity index (χ3n) is 7.91. The number of rotatable bonds is 8. The first-order valence-corrected chi connectivity index (χ1v) is 15.2. The molecule has 0 radical (unpaired) electrons. The van der Waals surface area contributed by atoms with Crippen LogP contribution >= 0.6 is 0 Å². The van der Waals surface area contributed by atoms with Crippen molar-refractivity contribution in [2.75, 3.05) is 58.3 Å². The number of piperidine rings is 1. The van der Waals surface area contributed by atoms with Crippen molar-refractivity contribution in [3.63, 3.8) is 0 Å². The van der Waals surface area contributed by atoms with Gasteiger partial charge in [0.25, 0.3) is 5.56 Å². The van der Waals surface area contributed by atoms with Gasteiger partial charge in [-0.3, -0.25) is 9.36 Å². The summed E-state index contributed by atoms with van der Waals surface area (Å²) in [5.74, 6) is 1.24. The van der Waals surface area contributed by atoms with E-state index >= 15 is 0 Å². The third-order valence-corrected chi connectivity index (χ3v) is 9.81. The minimum Gasteiger partial charge on any atom is -0.379 e. The Kier molecular flexibility index (Phi) is 8.32. The molecule has 0 unspecified atom stereocenters. The fourth-order valence-electron chi connectivity index (χ4n) is 5.50. The summed E-state index contributed by atoms with van der Waals surface area (Å²) in [6.45, 7) is 8.76. The summed E-state index contributed by atoms with van der Waals surface area (Å²) in [5, 5.41) is 4.11. The van der Waals surface area contributed by atoms with Gasteiger partial charge in [0.2, 0.25) is 16.0 Å². The lowest BCUT2D eigenvalue weighted by Gasteiger charge is -2.28. The largest absolute Gasteiger partial charge is 0.379 e. The van der Waals surface area contributed by atoms with Crippen LogP contribution in [0.1, 0.15) is 31.7 Å². The van der Waals surface area contributed by atoms with E-state index in [9.17, 15) is 13.2 Å². The second kappa shape index (κ2) is 11.7. The Morgan fingerprint density at radius 1 is 1.08 bits per heavy atom. The minimum absolute atomic E-state index is 0.159. The van der Waals surface area contributed by atoms with E-state index in [2.05, 4.69) is 22.2 Å². The third kappa shape index (κ3) is 5.86. The lowest BCUT2D eigenvalue weighted by Crippen LogP contribution is -2.40. The van der Waals surface area contributed by atoms with E-state index in [4.69, 9.17) is 9.72 Å². The molecule has 0 aliphatic carbocycles. The van der Waals surface area contributed by atoms with E-state index in [0.717, 1.165) is 37.0 Å². The summed E-state index contributed by atoms with van der Waals surface area (Å²) < 4.78 is 34.6. The number of nitrogens with zero attached hydrogens (tertiary/aromatic N) is 5. The van der Waals surface area contributed by atoms with Crippen molar-refractivity contribution in [3.05, 3.63) is 46.4 Å². The number of morpholine rings is 1. The summed E-state index contributed by atoms with van der Waals surface area (Å²) >= 11 is 0. The van der Waals surface area contributed by atoms with Gasteiger partial charge in [0.15, 0.2) is 0 Å². The normalized spacial score (nSPS) is 18.0. The molecule has 2 aliphatic rings. The molecule has 1 N–H and O–H groups in total. The summed E-state index contributed by atoms with van der Waals surface area (Å²) in [4.78, 5) is 25.4. The molecule has 0 amide bonds. The maximum absolute atomic E-state index is 13.6. The number of nitrogens with one attached hydrogen (secondary N) is 1. The highest BCUT2D eigenvalue weighted by Crippen LogP contribution is 2.28. The van der Waals surface area contributed by atoms with E-state index in [1.54, 1.807) is 29.0 Å². The zero-order chi connectivity index (χ0) is 27.6. The van der Waals surface area contributed by atoms with Gasteiger partial charge < -0.3 is 15.0 Å². The summed E-state index contributed by atoms with van der Waals surface area (Å²) in [7, 11) is -1.45. The number of aryl methyl sites for hydroxylation is 2. The van der Waals surface area contributed by atoms with Crippen LogP contribution in [0, 0.1) is 12.8 Å². The number of likely N-dealkylation sites (tertiary alicyclic amines) is 1. The number of ether oxygens (including phenoxy) is 1. The molecule has 39 heavy (non-hydrogen) atoms. The van der Waals surface area contributed by atoms with Gasteiger partial charge in [-0.2, -0.15) is 9.29 Å². The summed E-state index contributed by atoms with van der Waals surface area (Å²) in [6.07, 6.45) is 5.26. The number of aromatic nitrogens is 3. The van der Waals surface area contributed by atoms with Crippen LogP contribution in [0.3, 0.4) is 0 Å². The van der Waals surface area contributed by atoms with Crippen molar-refractivity contribution in [1.82, 2.24) is 23.7 Å². The Balaban J connectivity index is 1.39. The van der Waals surface area contributed by atoms with Crippen LogP contribution in [0.5, 0.6) is 0 Å². The molecule has 3 aromatic rings. The molecule has 10 nitrogen and oxygen atoms in total. The second-order valence-electron chi connectivity index (χ2n) is 10.5. The molecule has 2 aromatic heterocycles. The fraction of sp³-hybridized carbons (Fsp3) is 0.536.